The van der Waals surface area contributed by atoms with Crippen LogP contribution in [-0.4, -0.2) is 44.8 Å². The summed E-state index contributed by atoms with van der Waals surface area (Å²) in [5.74, 6) is -0.100. The van der Waals surface area contributed by atoms with Gasteiger partial charge < -0.3 is 14.8 Å². The molecule has 0 spiro atoms. The third-order valence-electron chi connectivity index (χ3n) is 4.88. The van der Waals surface area contributed by atoms with Gasteiger partial charge in [0, 0.05) is 36.3 Å². The van der Waals surface area contributed by atoms with Crippen LogP contribution in [0.5, 0.6) is 0 Å². The number of likely N-dealkylation sites (N-methyl/N-ethyl adjacent to an activating group) is 1. The predicted molar refractivity (Wildman–Crippen MR) is 109 cm³/mol. The summed E-state index contributed by atoms with van der Waals surface area (Å²) < 4.78 is 10.5. The molecule has 138 valence electrons. The Labute approximate surface area is 161 Å². The monoisotopic (exact) mass is 379 g/mol. The molecule has 2 aromatic heterocycles. The molecule has 0 saturated carbocycles. The number of benzene rings is 2. The normalized spacial score (nSPS) is 12.7. The summed E-state index contributed by atoms with van der Waals surface area (Å²) >= 11 is 1.16. The van der Waals surface area contributed by atoms with Gasteiger partial charge in [-0.05, 0) is 43.9 Å². The van der Waals surface area contributed by atoms with E-state index in [0.29, 0.717) is 12.1 Å². The predicted octanol–water partition coefficient (Wildman–Crippen LogP) is 3.22. The van der Waals surface area contributed by atoms with E-state index in [9.17, 15) is 4.79 Å². The second kappa shape index (κ2) is 7.09. The molecular weight excluding hydrogens is 358 g/mol. The second-order valence-electron chi connectivity index (χ2n) is 6.87. The molecule has 7 heteroatoms. The van der Waals surface area contributed by atoms with Crippen LogP contribution in [0.3, 0.4) is 0 Å². The summed E-state index contributed by atoms with van der Waals surface area (Å²) in [5, 5.41) is 4.29. The van der Waals surface area contributed by atoms with Gasteiger partial charge >= 0.3 is 0 Å². The number of aryl methyl sites for hydroxylation is 1. The standard InChI is InChI=1S/C20H21N5OS/c1-24(2)19(15-12-25(3)18-7-5-4-6-14(15)18)11-21-20(26)13-8-9-16-17(10-13)23-27-22-16/h4-10,12,19H,11H2,1-3H3,(H,21,26). The number of amides is 1. The van der Waals surface area contributed by atoms with Crippen LogP contribution in [0.25, 0.3) is 21.9 Å². The summed E-state index contributed by atoms with van der Waals surface area (Å²) in [5.41, 5.74) is 4.57. The third-order valence-corrected chi connectivity index (χ3v) is 5.44. The highest BCUT2D eigenvalue weighted by Crippen LogP contribution is 2.28. The Morgan fingerprint density at radius 1 is 1.19 bits per heavy atom. The highest BCUT2D eigenvalue weighted by atomic mass is 32.1. The largest absolute Gasteiger partial charge is 0.350 e. The fraction of sp³-hybridized carbons (Fsp3) is 0.250. The maximum atomic E-state index is 12.7. The molecule has 1 amide bonds. The van der Waals surface area contributed by atoms with Gasteiger partial charge in [-0.25, -0.2) is 0 Å². The van der Waals surface area contributed by atoms with E-state index in [0.717, 1.165) is 22.8 Å². The Hall–Kier alpha value is -2.77. The van der Waals surface area contributed by atoms with Crippen LogP contribution in [-0.2, 0) is 7.05 Å². The number of para-hydroxylation sites is 1. The van der Waals surface area contributed by atoms with Crippen molar-refractivity contribution in [2.75, 3.05) is 20.6 Å². The van der Waals surface area contributed by atoms with Crippen molar-refractivity contribution in [3.05, 3.63) is 59.8 Å². The lowest BCUT2D eigenvalue weighted by molar-refractivity contribution is 0.0942. The molecule has 0 aliphatic carbocycles. The Balaban J connectivity index is 1.57. The number of carbonyl (C=O) groups is 1. The van der Waals surface area contributed by atoms with Gasteiger partial charge in [-0.1, -0.05) is 18.2 Å². The molecule has 1 unspecified atom stereocenters. The fourth-order valence-corrected chi connectivity index (χ4v) is 3.94. The number of aromatic nitrogens is 3. The maximum Gasteiger partial charge on any atom is 0.251 e. The number of fused-ring (bicyclic) bond motifs is 2. The van der Waals surface area contributed by atoms with Crippen molar-refractivity contribution in [2.45, 2.75) is 6.04 Å². The van der Waals surface area contributed by atoms with E-state index in [1.54, 1.807) is 12.1 Å². The van der Waals surface area contributed by atoms with Gasteiger partial charge in [0.2, 0.25) is 0 Å². The van der Waals surface area contributed by atoms with E-state index in [-0.39, 0.29) is 11.9 Å². The molecule has 1 N–H and O–H groups in total. The molecule has 2 heterocycles. The maximum absolute atomic E-state index is 12.7. The van der Waals surface area contributed by atoms with Gasteiger partial charge in [0.05, 0.1) is 17.8 Å². The Morgan fingerprint density at radius 3 is 2.78 bits per heavy atom. The topological polar surface area (TPSA) is 63.1 Å². The van der Waals surface area contributed by atoms with Gasteiger partial charge in [-0.15, -0.1) is 0 Å². The van der Waals surface area contributed by atoms with Gasteiger partial charge in [0.1, 0.15) is 11.0 Å². The molecule has 0 saturated heterocycles. The van der Waals surface area contributed by atoms with Crippen molar-refractivity contribution in [1.29, 1.82) is 0 Å². The zero-order valence-electron chi connectivity index (χ0n) is 15.5. The van der Waals surface area contributed by atoms with E-state index < -0.39 is 0 Å². The SMILES string of the molecule is CN(C)C(CNC(=O)c1ccc2nsnc2c1)c1cn(C)c2ccccc12. The van der Waals surface area contributed by atoms with Crippen molar-refractivity contribution in [3.8, 4) is 0 Å². The van der Waals surface area contributed by atoms with Gasteiger partial charge in [0.15, 0.2) is 0 Å². The molecule has 0 aliphatic heterocycles. The van der Waals surface area contributed by atoms with Crippen LogP contribution in [0.2, 0.25) is 0 Å². The zero-order chi connectivity index (χ0) is 19.0. The molecule has 6 nitrogen and oxygen atoms in total. The molecule has 4 aromatic rings. The van der Waals surface area contributed by atoms with E-state index in [4.69, 9.17) is 0 Å². The van der Waals surface area contributed by atoms with E-state index >= 15 is 0 Å². The average molecular weight is 379 g/mol. The first kappa shape index (κ1) is 17.6. The number of nitrogens with one attached hydrogen (secondary N) is 1. The smallest absolute Gasteiger partial charge is 0.251 e. The zero-order valence-corrected chi connectivity index (χ0v) is 16.3. The fourth-order valence-electron chi connectivity index (χ4n) is 3.42. The summed E-state index contributed by atoms with van der Waals surface area (Å²) in [7, 11) is 6.12. The van der Waals surface area contributed by atoms with Gasteiger partial charge in [-0.3, -0.25) is 4.79 Å². The average Bonchev–Trinajstić information content (AvgIpc) is 3.26. The molecule has 0 fully saturated rings. The molecule has 27 heavy (non-hydrogen) atoms. The minimum Gasteiger partial charge on any atom is -0.350 e. The molecule has 0 radical (unpaired) electrons. The molecule has 0 aliphatic rings. The van der Waals surface area contributed by atoms with Crippen molar-refractivity contribution >= 4 is 39.6 Å². The number of hydrogen-bond donors (Lipinski definition) is 1. The Bertz CT molecular complexity index is 1110. The van der Waals surface area contributed by atoms with Crippen molar-refractivity contribution < 1.29 is 4.79 Å². The summed E-state index contributed by atoms with van der Waals surface area (Å²) in [6.07, 6.45) is 2.15. The summed E-state index contributed by atoms with van der Waals surface area (Å²) in [6.45, 7) is 0.521. The molecule has 1 atom stereocenters. The van der Waals surface area contributed by atoms with Crippen LogP contribution in [0.15, 0.2) is 48.7 Å². The van der Waals surface area contributed by atoms with Crippen LogP contribution in [0, 0.1) is 0 Å². The Kier molecular flexibility index (Phi) is 4.63. The lowest BCUT2D eigenvalue weighted by Gasteiger charge is -2.24. The minimum atomic E-state index is -0.100. The van der Waals surface area contributed by atoms with E-state index in [1.165, 1.54) is 16.5 Å². The first-order valence-electron chi connectivity index (χ1n) is 8.75. The van der Waals surface area contributed by atoms with Crippen LogP contribution < -0.4 is 5.32 Å². The third kappa shape index (κ3) is 3.31. The first-order valence-corrected chi connectivity index (χ1v) is 9.48. The lowest BCUT2D eigenvalue weighted by atomic mass is 10.0. The van der Waals surface area contributed by atoms with Crippen LogP contribution in [0.4, 0.5) is 0 Å². The minimum absolute atomic E-state index is 0.0738. The second-order valence-corrected chi connectivity index (χ2v) is 7.40. The molecular formula is C20H21N5OS. The van der Waals surface area contributed by atoms with E-state index in [2.05, 4.69) is 41.9 Å². The first-order chi connectivity index (χ1) is 13.0. The highest BCUT2D eigenvalue weighted by Gasteiger charge is 2.20. The van der Waals surface area contributed by atoms with Crippen LogP contribution >= 0.6 is 11.7 Å². The van der Waals surface area contributed by atoms with E-state index in [1.807, 2.05) is 39.3 Å². The summed E-state index contributed by atoms with van der Waals surface area (Å²) in [6, 6.07) is 13.8. The van der Waals surface area contributed by atoms with Gasteiger partial charge in [-0.2, -0.15) is 8.75 Å². The highest BCUT2D eigenvalue weighted by molar-refractivity contribution is 7.00. The summed E-state index contributed by atoms with van der Waals surface area (Å²) in [4.78, 5) is 14.8. The van der Waals surface area contributed by atoms with Crippen LogP contribution in [0.1, 0.15) is 22.0 Å². The Morgan fingerprint density at radius 2 is 1.96 bits per heavy atom. The molecule has 2 aromatic carbocycles. The van der Waals surface area contributed by atoms with Crippen molar-refractivity contribution in [3.63, 3.8) is 0 Å². The molecule has 0 bridgehead atoms. The number of carbonyl (C=O) groups excluding carboxylic acids is 1. The number of hydrogen-bond acceptors (Lipinski definition) is 5. The quantitative estimate of drug-likeness (QED) is 0.578. The number of rotatable bonds is 5. The van der Waals surface area contributed by atoms with Crippen molar-refractivity contribution in [2.24, 2.45) is 7.05 Å². The molecule has 4 rings (SSSR count). The number of nitrogens with zero attached hydrogens (tertiary/aromatic N) is 4. The lowest BCUT2D eigenvalue weighted by Crippen LogP contribution is -2.34. The van der Waals surface area contributed by atoms with Gasteiger partial charge in [0.25, 0.3) is 5.91 Å². The van der Waals surface area contributed by atoms with Crippen molar-refractivity contribution in [1.82, 2.24) is 23.5 Å².